The summed E-state index contributed by atoms with van der Waals surface area (Å²) < 4.78 is 39.6. The summed E-state index contributed by atoms with van der Waals surface area (Å²) >= 11 is 0. The molecule has 7 N–H and O–H groups in total. The fourth-order valence-electron chi connectivity index (χ4n) is 5.89. The van der Waals surface area contributed by atoms with Gasteiger partial charge in [-0.1, -0.05) is 13.0 Å². The molecule has 0 saturated carbocycles. The summed E-state index contributed by atoms with van der Waals surface area (Å²) in [5.74, 6) is -0.434. The van der Waals surface area contributed by atoms with Crippen molar-refractivity contribution < 1.29 is 33.1 Å². The first kappa shape index (κ1) is 27.1. The van der Waals surface area contributed by atoms with Crippen LogP contribution in [0, 0.1) is 5.92 Å². The van der Waals surface area contributed by atoms with Crippen molar-refractivity contribution >= 4 is 41.9 Å². The molecule has 42 heavy (non-hydrogen) atoms. The van der Waals surface area contributed by atoms with Crippen LogP contribution in [-0.4, -0.2) is 80.1 Å². The van der Waals surface area contributed by atoms with Gasteiger partial charge in [-0.3, -0.25) is 28.0 Å². The molecular weight excluding hydrogens is 575 g/mol. The molecule has 4 aromatic heterocycles. The number of phosphoric ester groups is 1. The zero-order valence-corrected chi connectivity index (χ0v) is 22.8. The Balaban J connectivity index is 1.17. The molecule has 2 bridgehead atoms. The van der Waals surface area contributed by atoms with Gasteiger partial charge in [0, 0.05) is 5.92 Å². The first-order chi connectivity index (χ1) is 20.1. The summed E-state index contributed by atoms with van der Waals surface area (Å²) in [7, 11) is -4.74. The van der Waals surface area contributed by atoms with Crippen LogP contribution in [0.5, 0.6) is 0 Å². The number of nitrogen functional groups attached to an aromatic ring is 2. The summed E-state index contributed by atoms with van der Waals surface area (Å²) in [6.45, 7) is 3.72. The van der Waals surface area contributed by atoms with Crippen molar-refractivity contribution in [3.63, 3.8) is 0 Å². The Morgan fingerprint density at radius 1 is 1.05 bits per heavy atom. The molecule has 4 aromatic rings. The van der Waals surface area contributed by atoms with E-state index in [0.717, 1.165) is 0 Å². The number of rotatable bonds is 2. The third-order valence-corrected chi connectivity index (χ3v) is 8.87. The number of fused-ring (bicyclic) bond motifs is 5. The third-order valence-electron chi connectivity index (χ3n) is 7.90. The predicted octanol–water partition coefficient (Wildman–Crippen LogP) is 0.138. The van der Waals surface area contributed by atoms with Gasteiger partial charge < -0.3 is 30.9 Å². The molecule has 0 spiro atoms. The summed E-state index contributed by atoms with van der Waals surface area (Å²) in [5.41, 5.74) is 12.3. The molecule has 0 aromatic carbocycles. The number of aliphatic hydroxyl groups is 1. The number of hydrogen-bond acceptors (Lipinski definition) is 14. The van der Waals surface area contributed by atoms with Crippen molar-refractivity contribution in [3.05, 3.63) is 41.5 Å². The van der Waals surface area contributed by atoms with Gasteiger partial charge in [0.1, 0.15) is 24.1 Å². The number of hydrogen-bond donors (Lipinski definition) is 5. The number of nitrogens with zero attached hydrogens (tertiary/aromatic N) is 7. The average molecular weight is 603 g/mol. The molecule has 0 amide bonds. The summed E-state index contributed by atoms with van der Waals surface area (Å²) in [6, 6.07) is 0. The number of nitrogens with two attached hydrogens (primary N) is 2. The van der Waals surface area contributed by atoms with Gasteiger partial charge in [0.25, 0.3) is 5.56 Å². The first-order valence-corrected chi connectivity index (χ1v) is 14.6. The van der Waals surface area contributed by atoms with Crippen molar-refractivity contribution in [2.75, 3.05) is 18.1 Å². The zero-order valence-electron chi connectivity index (χ0n) is 21.9. The molecule has 0 radical (unpaired) electrons. The van der Waals surface area contributed by atoms with E-state index >= 15 is 0 Å². The standard InChI is InChI=1S/C23H27N10O8P/c1-9-11-4-2-3-10-12(40-21(15(10)34)32-7-28-13-17(24)26-6-27-18(13)32)5-38-42(36,37)41-16(9)22(39-11)33-8-29-14-19(33)30-23(25)31-20(14)35/h6-8,10-12,15-16,21-22,34H,1-5H2,(H,36,37)(H2,24,26,27)(H3,25,30,31,35)/t10-,11-,12-,15-,16-,21-,22-/m1/s1. The van der Waals surface area contributed by atoms with Crippen LogP contribution in [0.4, 0.5) is 11.8 Å². The number of imidazole rings is 2. The normalized spacial score (nSPS) is 34.0. The molecule has 3 saturated heterocycles. The maximum Gasteiger partial charge on any atom is 0.473 e. The van der Waals surface area contributed by atoms with E-state index in [1.807, 2.05) is 0 Å². The molecule has 3 fully saturated rings. The summed E-state index contributed by atoms with van der Waals surface area (Å²) in [6.07, 6.45) is 0.0586. The largest absolute Gasteiger partial charge is 0.473 e. The van der Waals surface area contributed by atoms with Gasteiger partial charge in [-0.15, -0.1) is 0 Å². The van der Waals surface area contributed by atoms with E-state index in [9.17, 15) is 19.4 Å². The quantitative estimate of drug-likeness (QED) is 0.151. The number of nitrogens with one attached hydrogen (secondary N) is 1. The van der Waals surface area contributed by atoms with E-state index < -0.39 is 56.2 Å². The second-order valence-corrected chi connectivity index (χ2v) is 11.8. The molecule has 1 unspecified atom stereocenters. The number of ether oxygens (including phenoxy) is 2. The molecule has 7 rings (SSSR count). The van der Waals surface area contributed by atoms with Gasteiger partial charge in [0.2, 0.25) is 5.95 Å². The van der Waals surface area contributed by atoms with Crippen LogP contribution in [0.15, 0.2) is 35.9 Å². The van der Waals surface area contributed by atoms with Crippen molar-refractivity contribution in [1.82, 2.24) is 39.0 Å². The van der Waals surface area contributed by atoms with Crippen LogP contribution in [0.25, 0.3) is 22.3 Å². The Hall–Kier alpha value is -3.77. The molecule has 8 atom stereocenters. The lowest BCUT2D eigenvalue weighted by Crippen LogP contribution is -2.29. The fourth-order valence-corrected chi connectivity index (χ4v) is 6.81. The highest BCUT2D eigenvalue weighted by Gasteiger charge is 2.49. The molecular formula is C23H27N10O8P. The topological polar surface area (TPSA) is 254 Å². The predicted molar refractivity (Wildman–Crippen MR) is 143 cm³/mol. The zero-order chi connectivity index (χ0) is 29.3. The highest BCUT2D eigenvalue weighted by Crippen LogP contribution is 2.52. The molecule has 3 aliphatic rings. The van der Waals surface area contributed by atoms with Gasteiger partial charge in [-0.25, -0.2) is 24.5 Å². The number of aromatic amines is 1. The monoisotopic (exact) mass is 602 g/mol. The van der Waals surface area contributed by atoms with Crippen molar-refractivity contribution in [2.45, 2.75) is 56.1 Å². The average Bonchev–Trinajstić information content (AvgIpc) is 3.69. The molecule has 222 valence electrons. The number of anilines is 2. The van der Waals surface area contributed by atoms with E-state index in [-0.39, 0.29) is 29.5 Å². The molecule has 3 aliphatic heterocycles. The SMILES string of the molecule is C=C1[C@H]2OP(=O)(O)OC[C@H]3O[C@@H](n4cnc5c(N)ncnc54)[C@H](O)[C@@H]3CCC[C@H]1O[C@H]2n1cnc2c(=O)[nH]c(N)nc21. The van der Waals surface area contributed by atoms with Crippen LogP contribution in [0.3, 0.4) is 0 Å². The second kappa shape index (κ2) is 9.91. The molecule has 0 aliphatic carbocycles. The van der Waals surface area contributed by atoms with Crippen LogP contribution >= 0.6 is 7.82 Å². The Kier molecular flexibility index (Phi) is 6.39. The van der Waals surface area contributed by atoms with Gasteiger partial charge in [-0.05, 0) is 18.4 Å². The van der Waals surface area contributed by atoms with E-state index in [4.69, 9.17) is 30.0 Å². The lowest BCUT2D eigenvalue weighted by molar-refractivity contribution is -0.0556. The Morgan fingerprint density at radius 2 is 1.81 bits per heavy atom. The Labute approximate surface area is 235 Å². The van der Waals surface area contributed by atoms with E-state index in [0.29, 0.717) is 36.0 Å². The molecule has 7 heterocycles. The van der Waals surface area contributed by atoms with Crippen LogP contribution in [0.1, 0.15) is 31.7 Å². The highest BCUT2D eigenvalue weighted by molar-refractivity contribution is 7.47. The maximum absolute atomic E-state index is 13.2. The van der Waals surface area contributed by atoms with Crippen molar-refractivity contribution in [1.29, 1.82) is 0 Å². The number of aliphatic hydroxyl groups excluding tert-OH is 1. The Bertz CT molecular complexity index is 1810. The lowest BCUT2D eigenvalue weighted by Gasteiger charge is -2.25. The van der Waals surface area contributed by atoms with Crippen molar-refractivity contribution in [2.24, 2.45) is 5.92 Å². The van der Waals surface area contributed by atoms with E-state index in [1.54, 1.807) is 4.57 Å². The van der Waals surface area contributed by atoms with Crippen LogP contribution in [-0.2, 0) is 23.1 Å². The van der Waals surface area contributed by atoms with Crippen LogP contribution < -0.4 is 17.0 Å². The number of aromatic nitrogens is 8. The van der Waals surface area contributed by atoms with Gasteiger partial charge in [0.15, 0.2) is 35.1 Å². The fraction of sp³-hybridized carbons (Fsp3) is 0.478. The number of H-pyrrole nitrogens is 1. The lowest BCUT2D eigenvalue weighted by atomic mass is 9.91. The highest BCUT2D eigenvalue weighted by atomic mass is 31.2. The number of phosphoric acid groups is 1. The summed E-state index contributed by atoms with van der Waals surface area (Å²) in [5, 5.41) is 11.3. The second-order valence-electron chi connectivity index (χ2n) is 10.4. The minimum absolute atomic E-state index is 0.00953. The molecule has 19 heteroatoms. The van der Waals surface area contributed by atoms with Crippen LogP contribution in [0.2, 0.25) is 0 Å². The van der Waals surface area contributed by atoms with Crippen molar-refractivity contribution in [3.8, 4) is 0 Å². The van der Waals surface area contributed by atoms with Gasteiger partial charge >= 0.3 is 7.82 Å². The van der Waals surface area contributed by atoms with E-state index in [1.165, 1.54) is 23.5 Å². The molecule has 18 nitrogen and oxygen atoms in total. The van der Waals surface area contributed by atoms with E-state index in [2.05, 4.69) is 36.5 Å². The minimum Gasteiger partial charge on any atom is -0.388 e. The smallest absolute Gasteiger partial charge is 0.388 e. The minimum atomic E-state index is -4.74. The summed E-state index contributed by atoms with van der Waals surface area (Å²) in [4.78, 5) is 46.1. The third kappa shape index (κ3) is 4.39. The first-order valence-electron chi connectivity index (χ1n) is 13.1. The Morgan fingerprint density at radius 3 is 2.62 bits per heavy atom. The van der Waals surface area contributed by atoms with Gasteiger partial charge in [-0.2, -0.15) is 4.98 Å². The van der Waals surface area contributed by atoms with Gasteiger partial charge in [0.05, 0.1) is 31.5 Å². The maximum atomic E-state index is 13.2.